The van der Waals surface area contributed by atoms with E-state index in [1.807, 2.05) is 14.1 Å². The van der Waals surface area contributed by atoms with Crippen molar-refractivity contribution in [1.82, 2.24) is 0 Å². The zero-order valence-electron chi connectivity index (χ0n) is 13.0. The molecule has 0 saturated heterocycles. The van der Waals surface area contributed by atoms with Gasteiger partial charge in [-0.15, -0.1) is 0 Å². The van der Waals surface area contributed by atoms with E-state index in [1.54, 1.807) is 7.11 Å². The lowest BCUT2D eigenvalue weighted by molar-refractivity contribution is 0.415. The second-order valence-electron chi connectivity index (χ2n) is 5.70. The number of methoxy groups -OCH3 is 1. The van der Waals surface area contributed by atoms with Crippen molar-refractivity contribution in [3.8, 4) is 5.75 Å². The van der Waals surface area contributed by atoms with Gasteiger partial charge in [-0.25, -0.2) is 0 Å². The lowest BCUT2D eigenvalue weighted by atomic mass is 10.1. The molecule has 0 atom stereocenters. The predicted molar refractivity (Wildman–Crippen MR) is 88.5 cm³/mol. The van der Waals surface area contributed by atoms with Gasteiger partial charge in [-0.2, -0.15) is 0 Å². The molecule has 0 bridgehead atoms. The van der Waals surface area contributed by atoms with Crippen molar-refractivity contribution in [3.63, 3.8) is 0 Å². The summed E-state index contributed by atoms with van der Waals surface area (Å²) in [6.07, 6.45) is 1.14. The summed E-state index contributed by atoms with van der Waals surface area (Å²) in [5.41, 5.74) is 5.22. The second-order valence-corrected chi connectivity index (χ2v) is 5.70. The molecule has 0 amide bonds. The number of fused-ring (bicyclic) bond motifs is 1. The van der Waals surface area contributed by atoms with Gasteiger partial charge in [-0.3, -0.25) is 0 Å². The number of rotatable bonds is 4. The van der Waals surface area contributed by atoms with Crippen LogP contribution in [-0.2, 0) is 13.0 Å². The fourth-order valence-corrected chi connectivity index (χ4v) is 2.98. The Morgan fingerprint density at radius 2 is 1.95 bits per heavy atom. The first-order valence-electron chi connectivity index (χ1n) is 7.36. The van der Waals surface area contributed by atoms with Gasteiger partial charge in [-0.05, 0) is 35.7 Å². The van der Waals surface area contributed by atoms with Crippen LogP contribution < -0.4 is 14.5 Å². The predicted octanol–water partition coefficient (Wildman–Crippen LogP) is 3.32. The molecule has 1 aliphatic rings. The van der Waals surface area contributed by atoms with E-state index >= 15 is 0 Å². The molecule has 2 aromatic rings. The third-order valence-electron chi connectivity index (χ3n) is 4.08. The first-order valence-corrected chi connectivity index (χ1v) is 7.36. The molecule has 0 aliphatic carbocycles. The van der Waals surface area contributed by atoms with Crippen LogP contribution in [0, 0.1) is 0 Å². The zero-order chi connectivity index (χ0) is 14.8. The Hall–Kier alpha value is -2.16. The van der Waals surface area contributed by atoms with E-state index in [-0.39, 0.29) is 0 Å². The molecule has 0 radical (unpaired) electrons. The first-order chi connectivity index (χ1) is 10.2. The minimum Gasteiger partial charge on any atom is -0.495 e. The third kappa shape index (κ3) is 2.68. The van der Waals surface area contributed by atoms with Gasteiger partial charge in [0.25, 0.3) is 0 Å². The third-order valence-corrected chi connectivity index (χ3v) is 4.08. The highest BCUT2D eigenvalue weighted by Gasteiger charge is 2.18. The van der Waals surface area contributed by atoms with Crippen LogP contribution in [0.3, 0.4) is 0 Å². The molecule has 0 saturated carbocycles. The standard InChI is InChI=1S/C18H22N2O/c1-19(2)17-9-8-14(12-18(17)21-3)13-20-11-10-15-6-4-5-7-16(15)20/h4-9,12H,10-11,13H2,1-3H3. The Balaban J connectivity index is 1.83. The molecule has 0 N–H and O–H groups in total. The van der Waals surface area contributed by atoms with Gasteiger partial charge in [0, 0.05) is 32.9 Å². The van der Waals surface area contributed by atoms with E-state index in [4.69, 9.17) is 4.74 Å². The van der Waals surface area contributed by atoms with E-state index in [2.05, 4.69) is 52.3 Å². The van der Waals surface area contributed by atoms with Crippen LogP contribution in [0.1, 0.15) is 11.1 Å². The number of hydrogen-bond donors (Lipinski definition) is 0. The quantitative estimate of drug-likeness (QED) is 0.855. The molecule has 0 aromatic heterocycles. The molecule has 0 unspecified atom stereocenters. The van der Waals surface area contributed by atoms with Gasteiger partial charge < -0.3 is 14.5 Å². The number of ether oxygens (including phenoxy) is 1. The van der Waals surface area contributed by atoms with E-state index in [9.17, 15) is 0 Å². The minimum absolute atomic E-state index is 0.932. The highest BCUT2D eigenvalue weighted by Crippen LogP contribution is 2.32. The van der Waals surface area contributed by atoms with Crippen LogP contribution in [0.4, 0.5) is 11.4 Å². The fourth-order valence-electron chi connectivity index (χ4n) is 2.98. The molecule has 3 rings (SSSR count). The largest absolute Gasteiger partial charge is 0.495 e. The number of anilines is 2. The summed E-state index contributed by atoms with van der Waals surface area (Å²) in [5.74, 6) is 0.935. The Bertz CT molecular complexity index is 637. The highest BCUT2D eigenvalue weighted by atomic mass is 16.5. The van der Waals surface area contributed by atoms with Crippen LogP contribution in [0.25, 0.3) is 0 Å². The molecular weight excluding hydrogens is 260 g/mol. The maximum Gasteiger partial charge on any atom is 0.142 e. The van der Waals surface area contributed by atoms with E-state index < -0.39 is 0 Å². The fraction of sp³-hybridized carbons (Fsp3) is 0.333. The van der Waals surface area contributed by atoms with Crippen molar-refractivity contribution in [2.24, 2.45) is 0 Å². The summed E-state index contributed by atoms with van der Waals surface area (Å²) in [6, 6.07) is 15.2. The van der Waals surface area contributed by atoms with Gasteiger partial charge >= 0.3 is 0 Å². The molecular formula is C18H22N2O. The molecule has 0 spiro atoms. The summed E-state index contributed by atoms with van der Waals surface area (Å²) in [7, 11) is 5.81. The molecule has 1 aliphatic heterocycles. The van der Waals surface area contributed by atoms with Crippen molar-refractivity contribution in [3.05, 3.63) is 53.6 Å². The van der Waals surface area contributed by atoms with Crippen LogP contribution in [-0.4, -0.2) is 27.7 Å². The molecule has 0 fully saturated rings. The summed E-state index contributed by atoms with van der Waals surface area (Å²) >= 11 is 0. The van der Waals surface area contributed by atoms with Gasteiger partial charge in [0.1, 0.15) is 5.75 Å². The van der Waals surface area contributed by atoms with Crippen molar-refractivity contribution in [2.45, 2.75) is 13.0 Å². The SMILES string of the molecule is COc1cc(CN2CCc3ccccc32)ccc1N(C)C. The summed E-state index contributed by atoms with van der Waals surface area (Å²) in [5, 5.41) is 0. The molecule has 2 aromatic carbocycles. The van der Waals surface area contributed by atoms with Gasteiger partial charge in [-0.1, -0.05) is 24.3 Å². The van der Waals surface area contributed by atoms with E-state index in [1.165, 1.54) is 16.8 Å². The molecule has 110 valence electrons. The van der Waals surface area contributed by atoms with Crippen LogP contribution >= 0.6 is 0 Å². The Morgan fingerprint density at radius 3 is 2.71 bits per heavy atom. The maximum absolute atomic E-state index is 5.52. The van der Waals surface area contributed by atoms with Crippen LogP contribution in [0.5, 0.6) is 5.75 Å². The minimum atomic E-state index is 0.932. The van der Waals surface area contributed by atoms with E-state index in [0.717, 1.165) is 30.9 Å². The lowest BCUT2D eigenvalue weighted by Gasteiger charge is -2.22. The number of benzene rings is 2. The normalized spacial score (nSPS) is 13.2. The van der Waals surface area contributed by atoms with E-state index in [0.29, 0.717) is 0 Å². The van der Waals surface area contributed by atoms with Gasteiger partial charge in [0.05, 0.1) is 12.8 Å². The number of para-hydroxylation sites is 1. The van der Waals surface area contributed by atoms with Crippen molar-refractivity contribution < 1.29 is 4.74 Å². The maximum atomic E-state index is 5.52. The van der Waals surface area contributed by atoms with Crippen LogP contribution in [0.15, 0.2) is 42.5 Å². The van der Waals surface area contributed by atoms with Crippen molar-refractivity contribution in [1.29, 1.82) is 0 Å². The molecule has 21 heavy (non-hydrogen) atoms. The molecule has 1 heterocycles. The van der Waals surface area contributed by atoms with Crippen molar-refractivity contribution in [2.75, 3.05) is 37.5 Å². The van der Waals surface area contributed by atoms with Gasteiger partial charge in [0.2, 0.25) is 0 Å². The number of hydrogen-bond acceptors (Lipinski definition) is 3. The van der Waals surface area contributed by atoms with Gasteiger partial charge in [0.15, 0.2) is 0 Å². The summed E-state index contributed by atoms with van der Waals surface area (Å²) in [4.78, 5) is 4.52. The summed E-state index contributed by atoms with van der Waals surface area (Å²) in [6.45, 7) is 2.03. The first kappa shape index (κ1) is 13.8. The van der Waals surface area contributed by atoms with Crippen LogP contribution in [0.2, 0.25) is 0 Å². The lowest BCUT2D eigenvalue weighted by Crippen LogP contribution is -2.19. The molecule has 3 heteroatoms. The second kappa shape index (κ2) is 5.68. The number of nitrogens with zero attached hydrogens (tertiary/aromatic N) is 2. The highest BCUT2D eigenvalue weighted by molar-refractivity contribution is 5.61. The Kier molecular flexibility index (Phi) is 3.74. The average Bonchev–Trinajstić information content (AvgIpc) is 2.90. The molecule has 3 nitrogen and oxygen atoms in total. The Labute approximate surface area is 126 Å². The van der Waals surface area contributed by atoms with Crippen molar-refractivity contribution >= 4 is 11.4 Å². The smallest absolute Gasteiger partial charge is 0.142 e. The summed E-state index contributed by atoms with van der Waals surface area (Å²) < 4.78 is 5.52. The monoisotopic (exact) mass is 282 g/mol. The average molecular weight is 282 g/mol. The topological polar surface area (TPSA) is 15.7 Å². The Morgan fingerprint density at radius 1 is 1.14 bits per heavy atom. The zero-order valence-corrected chi connectivity index (χ0v) is 13.0.